The Morgan fingerprint density at radius 3 is 2.44 bits per heavy atom. The molecule has 0 aliphatic rings. The van der Waals surface area contributed by atoms with Crippen molar-refractivity contribution in [3.63, 3.8) is 0 Å². The van der Waals surface area contributed by atoms with Crippen LogP contribution in [0.15, 0.2) is 15.4 Å². The summed E-state index contributed by atoms with van der Waals surface area (Å²) in [6.07, 6.45) is 0.735. The molecule has 1 heterocycles. The van der Waals surface area contributed by atoms with E-state index in [1.807, 2.05) is 20.8 Å². The van der Waals surface area contributed by atoms with Crippen LogP contribution in [0.5, 0.6) is 0 Å². The summed E-state index contributed by atoms with van der Waals surface area (Å²) in [6, 6.07) is 1.14. The van der Waals surface area contributed by atoms with Crippen molar-refractivity contribution in [1.82, 2.24) is 5.32 Å². The van der Waals surface area contributed by atoms with Gasteiger partial charge >= 0.3 is 0 Å². The summed E-state index contributed by atoms with van der Waals surface area (Å²) in [5.41, 5.74) is -0.391. The highest BCUT2D eigenvalue weighted by Gasteiger charge is 2.25. The lowest BCUT2D eigenvalue weighted by molar-refractivity contribution is 0.0881. The zero-order valence-corrected chi connectivity index (χ0v) is 12.3. The molecule has 0 saturated heterocycles. The molecule has 1 amide bonds. The van der Waals surface area contributed by atoms with E-state index in [1.54, 1.807) is 0 Å². The second-order valence-electron chi connectivity index (χ2n) is 4.66. The molecule has 0 aliphatic heterocycles. The van der Waals surface area contributed by atoms with E-state index in [0.29, 0.717) is 0 Å². The van der Waals surface area contributed by atoms with E-state index in [4.69, 9.17) is 15.1 Å². The molecule has 1 rings (SSSR count). The molecule has 18 heavy (non-hydrogen) atoms. The minimum Gasteiger partial charge on any atom is -0.455 e. The zero-order chi connectivity index (χ0) is 14.1. The average Bonchev–Trinajstić information content (AvgIpc) is 2.59. The SMILES string of the molecule is CCC(C)(C)NC(=O)c1cc(S(=O)(=O)Cl)c(C)o1. The standard InChI is InChI=1S/C11H16ClNO4S/c1-5-11(3,4)13-10(14)8-6-9(7(2)17-8)18(12,15)16/h6H,5H2,1-4H3,(H,13,14). The van der Waals surface area contributed by atoms with Crippen LogP contribution in [0.2, 0.25) is 0 Å². The number of halogens is 1. The van der Waals surface area contributed by atoms with Crippen LogP contribution in [0.3, 0.4) is 0 Å². The van der Waals surface area contributed by atoms with Gasteiger partial charge < -0.3 is 9.73 Å². The van der Waals surface area contributed by atoms with Crippen LogP contribution in [0.1, 0.15) is 43.5 Å². The molecule has 5 nitrogen and oxygen atoms in total. The Kier molecular flexibility index (Phi) is 4.12. The van der Waals surface area contributed by atoms with Gasteiger partial charge in [0.15, 0.2) is 5.76 Å². The normalized spacial score (nSPS) is 12.5. The van der Waals surface area contributed by atoms with E-state index >= 15 is 0 Å². The van der Waals surface area contributed by atoms with E-state index in [2.05, 4.69) is 5.32 Å². The number of hydrogen-bond acceptors (Lipinski definition) is 4. The molecule has 0 aromatic carbocycles. The van der Waals surface area contributed by atoms with Crippen LogP contribution in [0.25, 0.3) is 0 Å². The fourth-order valence-electron chi connectivity index (χ4n) is 1.28. The first-order valence-electron chi connectivity index (χ1n) is 5.44. The molecule has 1 aromatic heterocycles. The highest BCUT2D eigenvalue weighted by Crippen LogP contribution is 2.23. The molecule has 1 N–H and O–H groups in total. The van der Waals surface area contributed by atoms with E-state index in [0.717, 1.165) is 12.5 Å². The molecule has 102 valence electrons. The van der Waals surface area contributed by atoms with Crippen LogP contribution in [0.4, 0.5) is 0 Å². The van der Waals surface area contributed by atoms with Crippen molar-refractivity contribution in [1.29, 1.82) is 0 Å². The first-order valence-corrected chi connectivity index (χ1v) is 7.75. The fourth-order valence-corrected chi connectivity index (χ4v) is 2.37. The van der Waals surface area contributed by atoms with Gasteiger partial charge in [0.05, 0.1) is 0 Å². The molecule has 0 radical (unpaired) electrons. The smallest absolute Gasteiger partial charge is 0.287 e. The number of hydrogen-bond donors (Lipinski definition) is 1. The minimum atomic E-state index is -3.90. The van der Waals surface area contributed by atoms with Crippen LogP contribution >= 0.6 is 10.7 Å². The largest absolute Gasteiger partial charge is 0.455 e. The van der Waals surface area contributed by atoms with Crippen molar-refractivity contribution >= 4 is 25.6 Å². The minimum absolute atomic E-state index is 0.0618. The van der Waals surface area contributed by atoms with Gasteiger partial charge in [-0.3, -0.25) is 4.79 Å². The number of aryl methyl sites for hydroxylation is 1. The molecule has 0 fully saturated rings. The predicted molar refractivity (Wildman–Crippen MR) is 68.3 cm³/mol. The second kappa shape index (κ2) is 4.93. The zero-order valence-electron chi connectivity index (χ0n) is 10.7. The van der Waals surface area contributed by atoms with Crippen molar-refractivity contribution in [2.75, 3.05) is 0 Å². The van der Waals surface area contributed by atoms with Crippen molar-refractivity contribution in [3.8, 4) is 0 Å². The summed E-state index contributed by atoms with van der Waals surface area (Å²) in [6.45, 7) is 7.10. The van der Waals surface area contributed by atoms with Gasteiger partial charge in [0, 0.05) is 22.3 Å². The predicted octanol–water partition coefficient (Wildman–Crippen LogP) is 2.43. The maximum atomic E-state index is 11.9. The Morgan fingerprint density at radius 1 is 1.50 bits per heavy atom. The van der Waals surface area contributed by atoms with Crippen molar-refractivity contribution in [2.24, 2.45) is 0 Å². The third kappa shape index (κ3) is 3.49. The Morgan fingerprint density at radius 2 is 2.06 bits per heavy atom. The summed E-state index contributed by atoms with van der Waals surface area (Å²) in [7, 11) is 1.33. The Bertz CT molecular complexity index is 560. The molecule has 0 saturated carbocycles. The number of carbonyl (C=O) groups is 1. The summed E-state index contributed by atoms with van der Waals surface area (Å²) in [5.74, 6) is -0.422. The molecule has 0 atom stereocenters. The van der Waals surface area contributed by atoms with Crippen LogP contribution in [-0.2, 0) is 9.05 Å². The Balaban J connectivity index is 3.03. The molecule has 0 bridgehead atoms. The van der Waals surface area contributed by atoms with Crippen LogP contribution < -0.4 is 5.32 Å². The van der Waals surface area contributed by atoms with Gasteiger partial charge in [-0.05, 0) is 27.2 Å². The molecular formula is C11H16ClNO4S. The molecule has 1 aromatic rings. The molecule has 7 heteroatoms. The highest BCUT2D eigenvalue weighted by molar-refractivity contribution is 8.13. The number of rotatable bonds is 4. The topological polar surface area (TPSA) is 76.4 Å². The van der Waals surface area contributed by atoms with Gasteiger partial charge in [0.25, 0.3) is 15.0 Å². The quantitative estimate of drug-likeness (QED) is 0.865. The van der Waals surface area contributed by atoms with Gasteiger partial charge in [-0.1, -0.05) is 6.92 Å². The molecular weight excluding hydrogens is 278 g/mol. The lowest BCUT2D eigenvalue weighted by Crippen LogP contribution is -2.42. The third-order valence-corrected chi connectivity index (χ3v) is 4.12. The Labute approximate surface area is 111 Å². The number of nitrogens with one attached hydrogen (secondary N) is 1. The molecule has 0 aliphatic carbocycles. The lowest BCUT2D eigenvalue weighted by Gasteiger charge is -2.23. The summed E-state index contributed by atoms with van der Waals surface area (Å²) < 4.78 is 27.5. The monoisotopic (exact) mass is 293 g/mol. The van der Waals surface area contributed by atoms with Crippen molar-refractivity contribution in [3.05, 3.63) is 17.6 Å². The highest BCUT2D eigenvalue weighted by atomic mass is 35.7. The first kappa shape index (κ1) is 15.0. The first-order chi connectivity index (χ1) is 8.07. The van der Waals surface area contributed by atoms with E-state index in [9.17, 15) is 13.2 Å². The third-order valence-electron chi connectivity index (χ3n) is 2.69. The maximum Gasteiger partial charge on any atom is 0.287 e. The van der Waals surface area contributed by atoms with Crippen LogP contribution in [0, 0.1) is 6.92 Å². The summed E-state index contributed by atoms with van der Waals surface area (Å²) in [5, 5.41) is 2.74. The number of carbonyl (C=O) groups excluding carboxylic acids is 1. The summed E-state index contributed by atoms with van der Waals surface area (Å²) in [4.78, 5) is 11.7. The van der Waals surface area contributed by atoms with Crippen molar-refractivity contribution in [2.45, 2.75) is 44.6 Å². The fraction of sp³-hybridized carbons (Fsp3) is 0.545. The molecule has 0 spiro atoms. The maximum absolute atomic E-state index is 11.9. The van der Waals surface area contributed by atoms with E-state index in [-0.39, 0.29) is 16.4 Å². The van der Waals surface area contributed by atoms with E-state index in [1.165, 1.54) is 6.92 Å². The van der Waals surface area contributed by atoms with Crippen molar-refractivity contribution < 1.29 is 17.6 Å². The van der Waals surface area contributed by atoms with Gasteiger partial charge in [0.2, 0.25) is 0 Å². The van der Waals surface area contributed by atoms with Crippen LogP contribution in [-0.4, -0.2) is 19.9 Å². The van der Waals surface area contributed by atoms with Gasteiger partial charge in [0.1, 0.15) is 10.7 Å². The average molecular weight is 294 g/mol. The van der Waals surface area contributed by atoms with Gasteiger partial charge in [-0.25, -0.2) is 8.42 Å². The number of furan rings is 1. The summed E-state index contributed by atoms with van der Waals surface area (Å²) >= 11 is 0. The number of amides is 1. The second-order valence-corrected chi connectivity index (χ2v) is 7.19. The Hall–Kier alpha value is -1.01. The van der Waals surface area contributed by atoms with Gasteiger partial charge in [-0.2, -0.15) is 0 Å². The van der Waals surface area contributed by atoms with Gasteiger partial charge in [-0.15, -0.1) is 0 Å². The van der Waals surface area contributed by atoms with E-state index < -0.39 is 20.5 Å². The lowest BCUT2D eigenvalue weighted by atomic mass is 10.0. The molecule has 0 unspecified atom stereocenters.